The molecule has 0 spiro atoms. The van der Waals surface area contributed by atoms with Crippen LogP contribution in [0.2, 0.25) is 0 Å². The number of fused-ring (bicyclic) bond motifs is 1. The SMILES string of the molecule is COc1ccc([C@@H]2C[C@H](c3cccc(F)c3)n3nnnc3N2)cc1. The Bertz CT molecular complexity index is 848. The number of tetrazole rings is 1. The highest BCUT2D eigenvalue weighted by molar-refractivity contribution is 5.39. The van der Waals surface area contributed by atoms with Gasteiger partial charge in [-0.1, -0.05) is 29.4 Å². The molecule has 4 rings (SSSR count). The molecule has 0 saturated carbocycles. The summed E-state index contributed by atoms with van der Waals surface area (Å²) in [5, 5.41) is 15.2. The fourth-order valence-corrected chi connectivity index (χ4v) is 3.08. The average molecular weight is 325 g/mol. The first-order valence-electron chi connectivity index (χ1n) is 7.68. The first kappa shape index (κ1) is 14.6. The summed E-state index contributed by atoms with van der Waals surface area (Å²) in [6.07, 6.45) is 0.716. The summed E-state index contributed by atoms with van der Waals surface area (Å²) in [5.41, 5.74) is 1.95. The predicted octanol–water partition coefficient (Wildman–Crippen LogP) is 2.97. The topological polar surface area (TPSA) is 64.9 Å². The molecule has 0 fully saturated rings. The molecule has 0 bridgehead atoms. The predicted molar refractivity (Wildman–Crippen MR) is 86.3 cm³/mol. The van der Waals surface area contributed by atoms with Crippen molar-refractivity contribution in [3.63, 3.8) is 0 Å². The smallest absolute Gasteiger partial charge is 0.243 e. The third-order valence-corrected chi connectivity index (χ3v) is 4.30. The second kappa shape index (κ2) is 5.92. The van der Waals surface area contributed by atoms with E-state index in [9.17, 15) is 4.39 Å². The minimum absolute atomic E-state index is 0.0303. The Kier molecular flexibility index (Phi) is 3.60. The van der Waals surface area contributed by atoms with Gasteiger partial charge in [-0.3, -0.25) is 0 Å². The minimum atomic E-state index is -0.262. The van der Waals surface area contributed by atoms with Crippen LogP contribution in [-0.4, -0.2) is 27.3 Å². The van der Waals surface area contributed by atoms with Gasteiger partial charge in [-0.05, 0) is 52.2 Å². The zero-order chi connectivity index (χ0) is 16.5. The van der Waals surface area contributed by atoms with E-state index in [2.05, 4.69) is 20.8 Å². The molecular formula is C17H16FN5O. The van der Waals surface area contributed by atoms with E-state index >= 15 is 0 Å². The van der Waals surface area contributed by atoms with Crippen molar-refractivity contribution < 1.29 is 9.13 Å². The molecule has 1 aliphatic heterocycles. The summed E-state index contributed by atoms with van der Waals surface area (Å²) < 4.78 is 20.5. The Hall–Kier alpha value is -2.96. The molecule has 3 aromatic rings. The summed E-state index contributed by atoms with van der Waals surface area (Å²) >= 11 is 0. The Balaban J connectivity index is 1.70. The van der Waals surface area contributed by atoms with Gasteiger partial charge in [-0.25, -0.2) is 9.07 Å². The molecule has 1 aliphatic rings. The van der Waals surface area contributed by atoms with Crippen LogP contribution < -0.4 is 10.1 Å². The zero-order valence-electron chi connectivity index (χ0n) is 13.1. The maximum atomic E-state index is 13.6. The van der Waals surface area contributed by atoms with Crippen molar-refractivity contribution >= 4 is 5.95 Å². The number of rotatable bonds is 3. The van der Waals surface area contributed by atoms with Gasteiger partial charge in [0.25, 0.3) is 0 Å². The van der Waals surface area contributed by atoms with Crippen LogP contribution in [0.5, 0.6) is 5.75 Å². The van der Waals surface area contributed by atoms with Crippen molar-refractivity contribution in [2.45, 2.75) is 18.5 Å². The lowest BCUT2D eigenvalue weighted by molar-refractivity contribution is 0.412. The van der Waals surface area contributed by atoms with Crippen LogP contribution in [0.3, 0.4) is 0 Å². The average Bonchev–Trinajstić information content (AvgIpc) is 3.09. The first-order valence-corrected chi connectivity index (χ1v) is 7.68. The molecule has 0 saturated heterocycles. The van der Waals surface area contributed by atoms with Crippen LogP contribution >= 0.6 is 0 Å². The maximum absolute atomic E-state index is 13.6. The standard InChI is InChI=1S/C17H16FN5O/c1-24-14-7-5-11(6-8-14)15-10-16(12-3-2-4-13(18)9-12)23-17(19-15)20-21-22-23/h2-9,15-16H,10H2,1H3,(H,19,20,22)/t15-,16+/m0/s1. The second-order valence-corrected chi connectivity index (χ2v) is 5.72. The molecule has 2 heterocycles. The van der Waals surface area contributed by atoms with Gasteiger partial charge in [0.1, 0.15) is 11.6 Å². The van der Waals surface area contributed by atoms with Gasteiger partial charge >= 0.3 is 0 Å². The quantitative estimate of drug-likeness (QED) is 0.802. The summed E-state index contributed by atoms with van der Waals surface area (Å²) in [4.78, 5) is 0. The van der Waals surface area contributed by atoms with Crippen molar-refractivity contribution in [1.82, 2.24) is 20.2 Å². The number of aromatic nitrogens is 4. The Morgan fingerprint density at radius 2 is 2.00 bits per heavy atom. The third kappa shape index (κ3) is 2.58. The van der Waals surface area contributed by atoms with Crippen molar-refractivity contribution in [2.24, 2.45) is 0 Å². The molecule has 0 radical (unpaired) electrons. The largest absolute Gasteiger partial charge is 0.497 e. The van der Waals surface area contributed by atoms with E-state index in [1.807, 2.05) is 30.3 Å². The molecule has 122 valence electrons. The van der Waals surface area contributed by atoms with Crippen LogP contribution in [0.1, 0.15) is 29.6 Å². The van der Waals surface area contributed by atoms with Crippen LogP contribution in [0, 0.1) is 5.82 Å². The number of hydrogen-bond acceptors (Lipinski definition) is 5. The maximum Gasteiger partial charge on any atom is 0.243 e. The molecule has 0 amide bonds. The van der Waals surface area contributed by atoms with Crippen molar-refractivity contribution in [2.75, 3.05) is 12.4 Å². The summed E-state index contributed by atoms with van der Waals surface area (Å²) in [5.74, 6) is 1.12. The summed E-state index contributed by atoms with van der Waals surface area (Å²) in [6.45, 7) is 0. The molecule has 24 heavy (non-hydrogen) atoms. The number of anilines is 1. The van der Waals surface area contributed by atoms with Crippen LogP contribution in [0.4, 0.5) is 10.3 Å². The van der Waals surface area contributed by atoms with E-state index in [1.54, 1.807) is 17.9 Å². The lowest BCUT2D eigenvalue weighted by atomic mass is 9.93. The molecule has 1 N–H and O–H groups in total. The molecule has 1 aromatic heterocycles. The zero-order valence-corrected chi connectivity index (χ0v) is 13.1. The molecule has 0 unspecified atom stereocenters. The number of halogens is 1. The van der Waals surface area contributed by atoms with Crippen molar-refractivity contribution in [3.05, 3.63) is 65.5 Å². The fraction of sp³-hybridized carbons (Fsp3) is 0.235. The first-order chi connectivity index (χ1) is 11.7. The summed E-state index contributed by atoms with van der Waals surface area (Å²) in [7, 11) is 1.64. The molecule has 2 atom stereocenters. The molecular weight excluding hydrogens is 309 g/mol. The van der Waals surface area contributed by atoms with Crippen LogP contribution in [0.25, 0.3) is 0 Å². The highest BCUT2D eigenvalue weighted by Gasteiger charge is 2.30. The number of nitrogens with zero attached hydrogens (tertiary/aromatic N) is 4. The van der Waals surface area contributed by atoms with Gasteiger partial charge in [0.2, 0.25) is 5.95 Å². The van der Waals surface area contributed by atoms with Gasteiger partial charge < -0.3 is 10.1 Å². The van der Waals surface area contributed by atoms with Crippen LogP contribution in [0.15, 0.2) is 48.5 Å². The molecule has 0 aliphatic carbocycles. The Morgan fingerprint density at radius 1 is 1.17 bits per heavy atom. The Morgan fingerprint density at radius 3 is 2.75 bits per heavy atom. The van der Waals surface area contributed by atoms with E-state index in [0.717, 1.165) is 16.9 Å². The van der Waals surface area contributed by atoms with Gasteiger partial charge in [-0.2, -0.15) is 0 Å². The van der Waals surface area contributed by atoms with Gasteiger partial charge in [-0.15, -0.1) is 0 Å². The lowest BCUT2D eigenvalue weighted by Crippen LogP contribution is -2.28. The number of nitrogens with one attached hydrogen (secondary N) is 1. The van der Waals surface area contributed by atoms with E-state index in [0.29, 0.717) is 12.4 Å². The second-order valence-electron chi connectivity index (χ2n) is 5.72. The highest BCUT2D eigenvalue weighted by atomic mass is 19.1. The highest BCUT2D eigenvalue weighted by Crippen LogP contribution is 2.37. The number of benzene rings is 2. The van der Waals surface area contributed by atoms with E-state index < -0.39 is 0 Å². The minimum Gasteiger partial charge on any atom is -0.497 e. The van der Waals surface area contributed by atoms with Crippen molar-refractivity contribution in [1.29, 1.82) is 0 Å². The van der Waals surface area contributed by atoms with Crippen LogP contribution in [-0.2, 0) is 0 Å². The monoisotopic (exact) mass is 325 g/mol. The Labute approximate surface area is 138 Å². The molecule has 7 heteroatoms. The number of methoxy groups -OCH3 is 1. The number of ether oxygens (including phenoxy) is 1. The van der Waals surface area contributed by atoms with E-state index in [-0.39, 0.29) is 17.9 Å². The number of hydrogen-bond donors (Lipinski definition) is 1. The van der Waals surface area contributed by atoms with E-state index in [4.69, 9.17) is 4.74 Å². The van der Waals surface area contributed by atoms with Crippen molar-refractivity contribution in [3.8, 4) is 5.75 Å². The normalized spacial score (nSPS) is 19.4. The van der Waals surface area contributed by atoms with E-state index in [1.165, 1.54) is 12.1 Å². The lowest BCUT2D eigenvalue weighted by Gasteiger charge is -2.31. The van der Waals surface area contributed by atoms with Gasteiger partial charge in [0.15, 0.2) is 0 Å². The molecule has 6 nitrogen and oxygen atoms in total. The summed E-state index contributed by atoms with van der Waals surface area (Å²) in [6, 6.07) is 14.4. The van der Waals surface area contributed by atoms with Gasteiger partial charge in [0.05, 0.1) is 19.2 Å². The third-order valence-electron chi connectivity index (χ3n) is 4.30. The van der Waals surface area contributed by atoms with Gasteiger partial charge in [0, 0.05) is 0 Å². The fourth-order valence-electron chi connectivity index (χ4n) is 3.08. The molecule has 2 aromatic carbocycles.